The predicted molar refractivity (Wildman–Crippen MR) is 316 cm³/mol. The smallest absolute Gasteiger partial charge is 0.248 e. The number of nitrogens with two attached hydrogens (primary N) is 3. The summed E-state index contributed by atoms with van der Waals surface area (Å²) in [5.74, 6) is -8.00. The highest BCUT2D eigenvalue weighted by molar-refractivity contribution is 8.76. The number of phenolic OH excluding ortho intramolecular Hbond substituents is 2. The van der Waals surface area contributed by atoms with Crippen molar-refractivity contribution in [3.8, 4) is 11.5 Å². The second-order valence-corrected chi connectivity index (χ2v) is 23.2. The number of phenols is 2. The average molecular weight is 1200 g/mol. The topological polar surface area (TPSA) is 362 Å². The lowest BCUT2D eigenvalue weighted by Crippen LogP contribution is -2.62. The summed E-state index contributed by atoms with van der Waals surface area (Å²) in [7, 11) is 7.49. The first-order valence-electron chi connectivity index (χ1n) is 26.7. The second-order valence-electron chi connectivity index (χ2n) is 20.2. The van der Waals surface area contributed by atoms with Crippen molar-refractivity contribution in [3.05, 3.63) is 130 Å². The lowest BCUT2D eigenvalue weighted by molar-refractivity contribution is -0.147. The van der Waals surface area contributed by atoms with Crippen LogP contribution in [0.4, 0.5) is 0 Å². The van der Waals surface area contributed by atoms with Gasteiger partial charge in [-0.2, -0.15) is 0 Å². The number of hydrogen-bond donors (Lipinski definition) is 11. The number of rotatable bonds is 20. The van der Waals surface area contributed by atoms with Crippen LogP contribution in [0.25, 0.3) is 0 Å². The molecule has 0 bridgehead atoms. The molecule has 23 nitrogen and oxygen atoms in total. The third-order valence-corrected chi connectivity index (χ3v) is 16.8. The molecule has 9 amide bonds. The van der Waals surface area contributed by atoms with Crippen molar-refractivity contribution in [1.82, 2.24) is 41.3 Å². The van der Waals surface area contributed by atoms with Gasteiger partial charge in [0, 0.05) is 62.5 Å². The number of aromatic hydroxyl groups is 2. The monoisotopic (exact) mass is 1200 g/mol. The minimum atomic E-state index is -1.70. The summed E-state index contributed by atoms with van der Waals surface area (Å²) in [5.41, 5.74) is 19.6. The van der Waals surface area contributed by atoms with Crippen LogP contribution in [0.5, 0.6) is 11.5 Å². The number of likely N-dealkylation sites (N-methyl/N-ethyl adjacent to an activating group) is 4. The molecule has 4 aromatic rings. The highest BCUT2D eigenvalue weighted by Crippen LogP contribution is 2.26. The van der Waals surface area contributed by atoms with Gasteiger partial charge in [-0.3, -0.25) is 43.2 Å². The molecular weight excluding hydrogens is 1130 g/mol. The molecule has 448 valence electrons. The van der Waals surface area contributed by atoms with E-state index in [1.54, 1.807) is 55.6 Å². The zero-order valence-corrected chi connectivity index (χ0v) is 49.2. The van der Waals surface area contributed by atoms with Gasteiger partial charge >= 0.3 is 0 Å². The highest BCUT2D eigenvalue weighted by Gasteiger charge is 2.41. The van der Waals surface area contributed by atoms with Gasteiger partial charge in [0.1, 0.15) is 53.8 Å². The Kier molecular flexibility index (Phi) is 25.5. The summed E-state index contributed by atoms with van der Waals surface area (Å²) in [6.45, 7) is 1.47. The Bertz CT molecular complexity index is 2890. The number of nitrogens with one attached hydrogen (secondary N) is 5. The largest absolute Gasteiger partial charge is 0.508 e. The van der Waals surface area contributed by atoms with Crippen molar-refractivity contribution < 1.29 is 58.5 Å². The highest BCUT2D eigenvalue weighted by atomic mass is 35.5. The van der Waals surface area contributed by atoms with Crippen molar-refractivity contribution in [2.24, 2.45) is 17.2 Å². The van der Waals surface area contributed by atoms with E-state index in [4.69, 9.17) is 28.8 Å². The zero-order valence-electron chi connectivity index (χ0n) is 46.8. The van der Waals surface area contributed by atoms with Crippen molar-refractivity contribution in [3.63, 3.8) is 0 Å². The molecule has 0 aliphatic carbocycles. The van der Waals surface area contributed by atoms with Crippen LogP contribution in [-0.4, -0.2) is 184 Å². The summed E-state index contributed by atoms with van der Waals surface area (Å²) >= 11 is 6.15. The van der Waals surface area contributed by atoms with Gasteiger partial charge < -0.3 is 73.8 Å². The number of benzene rings is 4. The first-order chi connectivity index (χ1) is 39.4. The Labute approximate surface area is 494 Å². The first kappa shape index (κ1) is 66.4. The van der Waals surface area contributed by atoms with Crippen LogP contribution in [0.2, 0.25) is 5.02 Å². The Hall–Kier alpha value is -7.42. The maximum atomic E-state index is 15.2. The molecule has 0 saturated carbocycles. The van der Waals surface area contributed by atoms with Gasteiger partial charge in [-0.15, -0.1) is 0 Å². The van der Waals surface area contributed by atoms with Gasteiger partial charge in [0.2, 0.25) is 53.2 Å². The van der Waals surface area contributed by atoms with E-state index in [0.717, 1.165) is 41.9 Å². The van der Waals surface area contributed by atoms with Crippen LogP contribution >= 0.6 is 33.2 Å². The van der Waals surface area contributed by atoms with Crippen molar-refractivity contribution >= 4 is 86.4 Å². The fraction of sp³-hybridized carbons (Fsp3) is 0.421. The molecule has 0 unspecified atom stereocenters. The molecule has 83 heavy (non-hydrogen) atoms. The zero-order chi connectivity index (χ0) is 61.1. The molecule has 1 aliphatic heterocycles. The van der Waals surface area contributed by atoms with Crippen molar-refractivity contribution in [2.45, 2.75) is 106 Å². The molecule has 1 heterocycles. The van der Waals surface area contributed by atoms with Gasteiger partial charge in [-0.05, 0) is 117 Å². The number of carbonyl (C=O) groups excluding carboxylic acids is 9. The van der Waals surface area contributed by atoms with Crippen LogP contribution < -0.4 is 43.8 Å². The molecule has 1 fully saturated rings. The second kappa shape index (κ2) is 31.9. The van der Waals surface area contributed by atoms with Gasteiger partial charge in [0.05, 0.1) is 12.1 Å². The van der Waals surface area contributed by atoms with E-state index in [2.05, 4.69) is 26.6 Å². The number of aliphatic hydroxyl groups excluding tert-OH is 1. The van der Waals surface area contributed by atoms with Crippen LogP contribution in [0, 0.1) is 0 Å². The maximum Gasteiger partial charge on any atom is 0.248 e. The Morgan fingerprint density at radius 1 is 0.711 bits per heavy atom. The quantitative estimate of drug-likeness (QED) is 0.0424. The van der Waals surface area contributed by atoms with E-state index in [0.29, 0.717) is 28.1 Å². The molecule has 4 aromatic carbocycles. The van der Waals surface area contributed by atoms with Gasteiger partial charge in [-0.25, -0.2) is 0 Å². The summed E-state index contributed by atoms with van der Waals surface area (Å²) < 4.78 is 0. The van der Waals surface area contributed by atoms with E-state index < -0.39 is 108 Å². The maximum absolute atomic E-state index is 15.2. The molecule has 0 radical (unpaired) electrons. The lowest BCUT2D eigenvalue weighted by Gasteiger charge is -2.35. The first-order valence-corrected chi connectivity index (χ1v) is 29.6. The molecule has 0 spiro atoms. The molecule has 26 heteroatoms. The third kappa shape index (κ3) is 19.3. The number of primary amides is 2. The Morgan fingerprint density at radius 2 is 1.25 bits per heavy atom. The van der Waals surface area contributed by atoms with Crippen LogP contribution in [0.1, 0.15) is 58.8 Å². The fourth-order valence-corrected chi connectivity index (χ4v) is 11.7. The lowest BCUT2D eigenvalue weighted by atomic mass is 9.99. The van der Waals surface area contributed by atoms with Crippen LogP contribution in [0.15, 0.2) is 97.1 Å². The van der Waals surface area contributed by atoms with Gasteiger partial charge in [0.15, 0.2) is 0 Å². The summed E-state index contributed by atoms with van der Waals surface area (Å²) in [5, 5.41) is 45.9. The number of amides is 9. The SMILES string of the molecule is CN[C@@H](Cc1ccc(Cl)cc1)C(=O)N[C@@H]1CSSC[C@@H](C(=O)N(C)[C@H](Cc2ccc(O)cc2)C(N)=O)NC(=O)[C@H]([C@@H](C)O)N(C)C(=O)[C@H](CCCCN)NC(=O)[C@@H](Cc2ccc(C(N)=O)cc2)NC(=O)[C@H](Cc2ccc(O)cc2)N(C)C1=O. The standard InChI is InChI=1S/C57H74ClN11O12S2/c1-32(70)48-54(78)66-45(56(80)67(3)46(50(61)74)28-35-13-21-39(71)22-14-35)31-83-82-30-44(65-51(75)42(62-2)26-34-11-19-38(58)20-12-34)57(81)68(4)47(29-36-15-23-40(72)24-16-36)53(77)64-43(27-33-9-17-37(18-10-33)49(60)73)52(76)63-41(8-6-7-25-59)55(79)69(48)5/h9-24,32,41-48,62,70-72H,6-8,25-31,59H2,1-5H3,(H2,60,73)(H2,61,74)(H,63,76)(H,64,77)(H,65,75)(H,66,78)/t32-,41+,42+,43-,44-,45+,46-,47+,48+/m1/s1. The molecule has 1 aliphatic rings. The predicted octanol–water partition coefficient (Wildman–Crippen LogP) is 0.519. The van der Waals surface area contributed by atoms with Crippen LogP contribution in [-0.2, 0) is 64.0 Å². The van der Waals surface area contributed by atoms with Crippen LogP contribution in [0.3, 0.4) is 0 Å². The number of hydrogen-bond acceptors (Lipinski definition) is 16. The normalized spacial score (nSPS) is 20.9. The number of carbonyl (C=O) groups is 9. The molecule has 5 rings (SSSR count). The van der Waals surface area contributed by atoms with E-state index >= 15 is 9.59 Å². The number of halogens is 1. The van der Waals surface area contributed by atoms with Crippen molar-refractivity contribution in [1.29, 1.82) is 0 Å². The average Bonchev–Trinajstić information content (AvgIpc) is 3.57. The summed E-state index contributed by atoms with van der Waals surface area (Å²) in [6, 6.07) is 13.3. The van der Waals surface area contributed by atoms with E-state index in [-0.39, 0.29) is 73.6 Å². The Morgan fingerprint density at radius 3 is 1.82 bits per heavy atom. The number of unbranched alkanes of at least 4 members (excludes halogenated alkanes) is 1. The third-order valence-electron chi connectivity index (χ3n) is 14.2. The van der Waals surface area contributed by atoms with Gasteiger partial charge in [-0.1, -0.05) is 81.7 Å². The minimum absolute atomic E-state index is 0.0362. The Balaban J connectivity index is 1.65. The number of aliphatic hydroxyl groups is 1. The molecule has 0 aromatic heterocycles. The fourth-order valence-electron chi connectivity index (χ4n) is 9.28. The molecule has 14 N–H and O–H groups in total. The summed E-state index contributed by atoms with van der Waals surface area (Å²) in [4.78, 5) is 132. The van der Waals surface area contributed by atoms with E-state index in [1.807, 2.05) is 0 Å². The van der Waals surface area contributed by atoms with E-state index in [9.17, 15) is 48.9 Å². The van der Waals surface area contributed by atoms with Gasteiger partial charge in [0.25, 0.3) is 0 Å². The summed E-state index contributed by atoms with van der Waals surface area (Å²) in [6.07, 6.45) is -1.29. The minimum Gasteiger partial charge on any atom is -0.508 e. The molecular formula is C57H74ClN11O12S2. The molecule has 9 atom stereocenters. The number of nitrogens with zero attached hydrogens (tertiary/aromatic N) is 3. The molecule has 1 saturated heterocycles. The van der Waals surface area contributed by atoms with E-state index in [1.165, 1.54) is 76.6 Å². The van der Waals surface area contributed by atoms with Crippen molar-refractivity contribution in [2.75, 3.05) is 46.2 Å².